The van der Waals surface area contributed by atoms with Crippen LogP contribution in [0.1, 0.15) is 35.0 Å². The maximum Gasteiger partial charge on any atom is 0.191 e. The fraction of sp³-hybridized carbons (Fsp3) is 0.318. The van der Waals surface area contributed by atoms with Crippen LogP contribution in [0.15, 0.2) is 47.6 Å². The molecule has 0 aliphatic heterocycles. The molecule has 6 nitrogen and oxygen atoms in total. The average molecular weight is 394 g/mol. The Morgan fingerprint density at radius 3 is 2.48 bits per heavy atom. The molecule has 2 heterocycles. The van der Waals surface area contributed by atoms with Gasteiger partial charge in [-0.15, -0.1) is 0 Å². The van der Waals surface area contributed by atoms with Crippen molar-refractivity contribution in [3.8, 4) is 5.82 Å². The van der Waals surface area contributed by atoms with Crippen molar-refractivity contribution < 1.29 is 4.39 Å². The van der Waals surface area contributed by atoms with Crippen molar-refractivity contribution in [2.45, 2.75) is 40.8 Å². The third-order valence-electron chi connectivity index (χ3n) is 4.50. The van der Waals surface area contributed by atoms with E-state index in [2.05, 4.69) is 25.7 Å². The summed E-state index contributed by atoms with van der Waals surface area (Å²) in [7, 11) is 0. The zero-order chi connectivity index (χ0) is 20.8. The molecule has 0 saturated heterocycles. The Balaban J connectivity index is 1.64. The number of nitrogens with one attached hydrogen (secondary N) is 2. The van der Waals surface area contributed by atoms with Crippen molar-refractivity contribution in [2.75, 3.05) is 6.54 Å². The Morgan fingerprint density at radius 1 is 1.07 bits per heavy atom. The molecule has 0 amide bonds. The molecule has 0 spiro atoms. The summed E-state index contributed by atoms with van der Waals surface area (Å²) in [5.74, 6) is 1.27. The van der Waals surface area contributed by atoms with E-state index in [1.165, 1.54) is 0 Å². The van der Waals surface area contributed by atoms with Crippen LogP contribution in [0.25, 0.3) is 5.82 Å². The molecule has 0 fully saturated rings. The van der Waals surface area contributed by atoms with Gasteiger partial charge in [0.15, 0.2) is 11.8 Å². The number of halogens is 1. The number of aryl methyl sites for hydroxylation is 3. The van der Waals surface area contributed by atoms with Gasteiger partial charge in [-0.1, -0.05) is 18.2 Å². The highest BCUT2D eigenvalue weighted by Crippen LogP contribution is 2.11. The van der Waals surface area contributed by atoms with Crippen LogP contribution < -0.4 is 10.6 Å². The van der Waals surface area contributed by atoms with Gasteiger partial charge in [0.05, 0.1) is 12.2 Å². The largest absolute Gasteiger partial charge is 0.357 e. The Kier molecular flexibility index (Phi) is 6.59. The summed E-state index contributed by atoms with van der Waals surface area (Å²) < 4.78 is 15.5. The summed E-state index contributed by atoms with van der Waals surface area (Å²) >= 11 is 0. The van der Waals surface area contributed by atoms with Crippen molar-refractivity contribution in [3.63, 3.8) is 0 Å². The second kappa shape index (κ2) is 9.32. The lowest BCUT2D eigenvalue weighted by Gasteiger charge is -2.12. The molecule has 1 aromatic carbocycles. The normalized spacial score (nSPS) is 11.6. The van der Waals surface area contributed by atoms with Gasteiger partial charge in [0.1, 0.15) is 5.82 Å². The minimum absolute atomic E-state index is 0.194. The lowest BCUT2D eigenvalue weighted by Crippen LogP contribution is -2.36. The summed E-state index contributed by atoms with van der Waals surface area (Å²) in [6.45, 7) is 9.46. The van der Waals surface area contributed by atoms with Gasteiger partial charge in [0.25, 0.3) is 0 Å². The number of benzene rings is 1. The fourth-order valence-corrected chi connectivity index (χ4v) is 2.94. The number of aromatic nitrogens is 3. The fourth-order valence-electron chi connectivity index (χ4n) is 2.94. The van der Waals surface area contributed by atoms with Gasteiger partial charge in [-0.05, 0) is 62.6 Å². The molecule has 152 valence electrons. The molecule has 0 radical (unpaired) electrons. The summed E-state index contributed by atoms with van der Waals surface area (Å²) in [5, 5.41) is 10.9. The first-order valence-electron chi connectivity index (χ1n) is 9.72. The summed E-state index contributed by atoms with van der Waals surface area (Å²) in [6.07, 6.45) is 1.81. The third kappa shape index (κ3) is 5.40. The van der Waals surface area contributed by atoms with E-state index in [0.29, 0.717) is 24.6 Å². The van der Waals surface area contributed by atoms with Gasteiger partial charge in [0.2, 0.25) is 0 Å². The molecule has 0 saturated carbocycles. The van der Waals surface area contributed by atoms with E-state index in [1.807, 2.05) is 55.9 Å². The molecule has 0 bridgehead atoms. The van der Waals surface area contributed by atoms with Crippen molar-refractivity contribution in [2.24, 2.45) is 4.99 Å². The van der Waals surface area contributed by atoms with Crippen molar-refractivity contribution >= 4 is 5.96 Å². The zero-order valence-electron chi connectivity index (χ0n) is 17.3. The predicted octanol–water partition coefficient (Wildman–Crippen LogP) is 3.59. The van der Waals surface area contributed by atoms with Crippen molar-refractivity contribution in [1.29, 1.82) is 0 Å². The van der Waals surface area contributed by atoms with Gasteiger partial charge >= 0.3 is 0 Å². The molecule has 0 unspecified atom stereocenters. The van der Waals surface area contributed by atoms with Crippen LogP contribution in [0.4, 0.5) is 4.39 Å². The first kappa shape index (κ1) is 20.5. The first-order valence-corrected chi connectivity index (χ1v) is 9.72. The number of pyridine rings is 1. The SMILES string of the molecule is CCNC(=NCc1ccc(-n2nc(C)cc2C)nc1)NCc1ccc(C)c(F)c1. The van der Waals surface area contributed by atoms with Gasteiger partial charge in [-0.25, -0.2) is 19.0 Å². The van der Waals surface area contributed by atoms with E-state index in [0.717, 1.165) is 34.9 Å². The maximum absolute atomic E-state index is 13.7. The number of nitrogens with zero attached hydrogens (tertiary/aromatic N) is 4. The molecule has 2 N–H and O–H groups in total. The van der Waals surface area contributed by atoms with Crippen LogP contribution in [-0.2, 0) is 13.1 Å². The molecule has 3 aromatic rings. The average Bonchev–Trinajstić information content (AvgIpc) is 3.05. The predicted molar refractivity (Wildman–Crippen MR) is 114 cm³/mol. The highest BCUT2D eigenvalue weighted by molar-refractivity contribution is 5.79. The van der Waals surface area contributed by atoms with Gasteiger partial charge in [-0.3, -0.25) is 0 Å². The topological polar surface area (TPSA) is 67.1 Å². The molecule has 29 heavy (non-hydrogen) atoms. The van der Waals surface area contributed by atoms with Crippen LogP contribution in [0, 0.1) is 26.6 Å². The van der Waals surface area contributed by atoms with E-state index >= 15 is 0 Å². The molecule has 7 heteroatoms. The van der Waals surface area contributed by atoms with Gasteiger partial charge in [0, 0.05) is 25.0 Å². The van der Waals surface area contributed by atoms with E-state index in [4.69, 9.17) is 0 Å². The van der Waals surface area contributed by atoms with Crippen molar-refractivity contribution in [3.05, 3.63) is 76.5 Å². The molecular formula is C22H27FN6. The molecular weight excluding hydrogens is 367 g/mol. The smallest absolute Gasteiger partial charge is 0.191 e. The zero-order valence-corrected chi connectivity index (χ0v) is 17.3. The number of aliphatic imine (C=N–C) groups is 1. The van der Waals surface area contributed by atoms with Crippen LogP contribution in [0.3, 0.4) is 0 Å². The molecule has 0 atom stereocenters. The number of rotatable bonds is 6. The monoisotopic (exact) mass is 394 g/mol. The maximum atomic E-state index is 13.7. The summed E-state index contributed by atoms with van der Waals surface area (Å²) in [5.41, 5.74) is 4.52. The third-order valence-corrected chi connectivity index (χ3v) is 4.50. The molecule has 2 aromatic heterocycles. The highest BCUT2D eigenvalue weighted by Gasteiger charge is 2.05. The minimum Gasteiger partial charge on any atom is -0.357 e. The second-order valence-corrected chi connectivity index (χ2v) is 7.00. The highest BCUT2D eigenvalue weighted by atomic mass is 19.1. The second-order valence-electron chi connectivity index (χ2n) is 7.00. The molecule has 3 rings (SSSR count). The van der Waals surface area contributed by atoms with Crippen LogP contribution in [0.2, 0.25) is 0 Å². The quantitative estimate of drug-likeness (QED) is 0.495. The lowest BCUT2D eigenvalue weighted by molar-refractivity contribution is 0.615. The molecule has 0 aliphatic rings. The Bertz CT molecular complexity index is 991. The van der Waals surface area contributed by atoms with Gasteiger partial charge < -0.3 is 10.6 Å². The van der Waals surface area contributed by atoms with Crippen molar-refractivity contribution in [1.82, 2.24) is 25.4 Å². The summed E-state index contributed by atoms with van der Waals surface area (Å²) in [4.78, 5) is 9.11. The number of guanidine groups is 1. The Hall–Kier alpha value is -3.22. The number of hydrogen-bond acceptors (Lipinski definition) is 3. The van der Waals surface area contributed by atoms with E-state index in [-0.39, 0.29) is 5.82 Å². The van der Waals surface area contributed by atoms with Crippen LogP contribution >= 0.6 is 0 Å². The van der Waals surface area contributed by atoms with Crippen LogP contribution in [0.5, 0.6) is 0 Å². The van der Waals surface area contributed by atoms with Crippen LogP contribution in [-0.4, -0.2) is 27.3 Å². The minimum atomic E-state index is -0.194. The first-order chi connectivity index (χ1) is 14.0. The van der Waals surface area contributed by atoms with E-state index in [9.17, 15) is 4.39 Å². The lowest BCUT2D eigenvalue weighted by atomic mass is 10.1. The molecule has 0 aliphatic carbocycles. The Morgan fingerprint density at radius 2 is 1.86 bits per heavy atom. The van der Waals surface area contributed by atoms with Gasteiger partial charge in [-0.2, -0.15) is 5.10 Å². The summed E-state index contributed by atoms with van der Waals surface area (Å²) in [6, 6.07) is 11.2. The van der Waals surface area contributed by atoms with E-state index in [1.54, 1.807) is 19.1 Å². The standard InChI is InChI=1S/C22H27FN6/c1-5-24-22(26-12-18-7-6-15(2)20(23)11-18)27-14-19-8-9-21(25-13-19)29-17(4)10-16(3)28-29/h6-11,13H,5,12,14H2,1-4H3,(H2,24,26,27). The van der Waals surface area contributed by atoms with E-state index < -0.39 is 0 Å². The number of hydrogen-bond donors (Lipinski definition) is 2. The Labute approximate surface area is 170 Å².